The standard InChI is InChI=1S/C8H6I2N4O/c9-8(1-2-15-14(8)10)7-5-12-4-6(3-11)13-7/h4-5H,1-2H2/t8-/m0/s1. The van der Waals surface area contributed by atoms with Gasteiger partial charge in [0.25, 0.3) is 0 Å². The number of nitrogens with zero attached hydrogens (tertiary/aromatic N) is 4. The molecule has 2 heterocycles. The zero-order chi connectivity index (χ0) is 10.9. The Morgan fingerprint density at radius 2 is 2.40 bits per heavy atom. The fourth-order valence-electron chi connectivity index (χ4n) is 1.27. The van der Waals surface area contributed by atoms with Crippen molar-refractivity contribution in [1.29, 1.82) is 5.26 Å². The topological polar surface area (TPSA) is 62.0 Å². The number of hydroxylamine groups is 1. The molecule has 0 bridgehead atoms. The Kier molecular flexibility index (Phi) is 3.39. The van der Waals surface area contributed by atoms with Crippen LogP contribution >= 0.6 is 45.5 Å². The quantitative estimate of drug-likeness (QED) is 0.296. The minimum Gasteiger partial charge on any atom is -0.287 e. The van der Waals surface area contributed by atoms with E-state index in [1.54, 1.807) is 9.47 Å². The van der Waals surface area contributed by atoms with Crippen LogP contribution < -0.4 is 0 Å². The van der Waals surface area contributed by atoms with Crippen molar-refractivity contribution in [3.05, 3.63) is 23.8 Å². The fourth-order valence-corrected chi connectivity index (χ4v) is 2.58. The third kappa shape index (κ3) is 2.08. The Morgan fingerprint density at radius 3 is 3.00 bits per heavy atom. The molecule has 0 amide bonds. The van der Waals surface area contributed by atoms with Gasteiger partial charge in [-0.25, -0.2) is 4.98 Å². The lowest BCUT2D eigenvalue weighted by atomic mass is 10.2. The maximum Gasteiger partial charge on any atom is 0.159 e. The molecule has 1 aliphatic heterocycles. The van der Waals surface area contributed by atoms with Gasteiger partial charge in [-0.15, -0.1) is 3.28 Å². The Labute approximate surface area is 114 Å². The van der Waals surface area contributed by atoms with Gasteiger partial charge < -0.3 is 0 Å². The average molecular weight is 428 g/mol. The van der Waals surface area contributed by atoms with Crippen LogP contribution in [0.4, 0.5) is 0 Å². The lowest BCUT2D eigenvalue weighted by Gasteiger charge is -2.24. The first-order valence-corrected chi connectivity index (χ1v) is 6.21. The van der Waals surface area contributed by atoms with Crippen LogP contribution in [-0.4, -0.2) is 19.9 Å². The van der Waals surface area contributed by atoms with E-state index in [1.165, 1.54) is 6.20 Å². The second-order valence-corrected chi connectivity index (χ2v) is 5.65. The first kappa shape index (κ1) is 11.4. The van der Waals surface area contributed by atoms with Gasteiger partial charge in [0.05, 0.1) is 47.6 Å². The molecule has 0 N–H and O–H groups in total. The molecule has 1 atom stereocenters. The van der Waals surface area contributed by atoms with Crippen LogP contribution in [0.3, 0.4) is 0 Å². The predicted molar refractivity (Wildman–Crippen MR) is 68.9 cm³/mol. The van der Waals surface area contributed by atoms with E-state index in [2.05, 4.69) is 55.4 Å². The maximum absolute atomic E-state index is 8.75. The van der Waals surface area contributed by atoms with Crippen molar-refractivity contribution in [3.63, 3.8) is 0 Å². The Bertz CT molecular complexity index is 421. The number of hydrogen-bond acceptors (Lipinski definition) is 5. The number of nitriles is 1. The third-order valence-corrected chi connectivity index (χ3v) is 5.61. The summed E-state index contributed by atoms with van der Waals surface area (Å²) in [5, 5.41) is 8.75. The number of aromatic nitrogens is 2. The molecule has 0 unspecified atom stereocenters. The van der Waals surface area contributed by atoms with Gasteiger partial charge in [0.2, 0.25) is 0 Å². The Morgan fingerprint density at radius 1 is 1.60 bits per heavy atom. The van der Waals surface area contributed by atoms with Gasteiger partial charge in [0.1, 0.15) is 6.07 Å². The van der Waals surface area contributed by atoms with Gasteiger partial charge in [0, 0.05) is 6.42 Å². The van der Waals surface area contributed by atoms with Crippen molar-refractivity contribution < 1.29 is 4.84 Å². The molecule has 0 spiro atoms. The molecule has 1 saturated heterocycles. The van der Waals surface area contributed by atoms with Crippen molar-refractivity contribution in [2.75, 3.05) is 6.61 Å². The van der Waals surface area contributed by atoms with E-state index in [0.717, 1.165) is 12.1 Å². The zero-order valence-corrected chi connectivity index (χ0v) is 11.8. The molecule has 0 saturated carbocycles. The minimum absolute atomic E-state index is 0.321. The van der Waals surface area contributed by atoms with Crippen molar-refractivity contribution in [2.24, 2.45) is 0 Å². The molecule has 7 heteroatoms. The van der Waals surface area contributed by atoms with Crippen LogP contribution in [0.25, 0.3) is 0 Å². The predicted octanol–water partition coefficient (Wildman–Crippen LogP) is 1.92. The smallest absolute Gasteiger partial charge is 0.159 e. The molecule has 1 aliphatic rings. The molecule has 0 radical (unpaired) electrons. The lowest BCUT2D eigenvalue weighted by Crippen LogP contribution is -2.28. The summed E-state index contributed by atoms with van der Waals surface area (Å²) in [5.41, 5.74) is 1.09. The monoisotopic (exact) mass is 428 g/mol. The van der Waals surface area contributed by atoms with E-state index in [1.807, 2.05) is 6.07 Å². The van der Waals surface area contributed by atoms with Crippen LogP contribution in [0.1, 0.15) is 17.8 Å². The van der Waals surface area contributed by atoms with E-state index < -0.39 is 0 Å². The highest BCUT2D eigenvalue weighted by molar-refractivity contribution is 14.1. The second-order valence-electron chi connectivity index (χ2n) is 2.99. The molecule has 0 aromatic carbocycles. The Balaban J connectivity index is 2.41. The maximum atomic E-state index is 8.75. The number of rotatable bonds is 1. The number of halogens is 2. The SMILES string of the molecule is N#Cc1cncc([C@]2(I)CCON2I)n1. The number of alkyl halides is 1. The average Bonchev–Trinajstić information content (AvgIpc) is 2.61. The van der Waals surface area contributed by atoms with Gasteiger partial charge >= 0.3 is 0 Å². The zero-order valence-electron chi connectivity index (χ0n) is 7.52. The number of hydrogen-bond donors (Lipinski definition) is 0. The van der Waals surface area contributed by atoms with Crippen molar-refractivity contribution in [3.8, 4) is 6.07 Å². The molecule has 2 rings (SSSR count). The van der Waals surface area contributed by atoms with Crippen molar-refractivity contribution in [2.45, 2.75) is 9.97 Å². The van der Waals surface area contributed by atoms with Crippen molar-refractivity contribution in [1.82, 2.24) is 13.2 Å². The van der Waals surface area contributed by atoms with E-state index in [-0.39, 0.29) is 3.55 Å². The van der Waals surface area contributed by atoms with Gasteiger partial charge in [-0.3, -0.25) is 9.82 Å². The molecule has 78 valence electrons. The van der Waals surface area contributed by atoms with E-state index in [0.29, 0.717) is 12.3 Å². The minimum atomic E-state index is -0.321. The highest BCUT2D eigenvalue weighted by atomic mass is 127. The molecular weight excluding hydrogens is 422 g/mol. The Hall–Kier alpha value is -0.0500. The third-order valence-electron chi connectivity index (χ3n) is 2.06. The van der Waals surface area contributed by atoms with Crippen LogP contribution in [-0.2, 0) is 8.38 Å². The normalized spacial score (nSPS) is 26.5. The molecule has 15 heavy (non-hydrogen) atoms. The lowest BCUT2D eigenvalue weighted by molar-refractivity contribution is -0.0234. The molecule has 1 aromatic rings. The molecular formula is C8H6I2N4O. The molecule has 1 fully saturated rings. The summed E-state index contributed by atoms with van der Waals surface area (Å²) in [5.74, 6) is 0. The van der Waals surface area contributed by atoms with Crippen LogP contribution in [0.15, 0.2) is 12.4 Å². The van der Waals surface area contributed by atoms with Crippen molar-refractivity contribution >= 4 is 45.5 Å². The van der Waals surface area contributed by atoms with Crippen LogP contribution in [0.5, 0.6) is 0 Å². The van der Waals surface area contributed by atoms with Gasteiger partial charge in [-0.2, -0.15) is 5.26 Å². The summed E-state index contributed by atoms with van der Waals surface area (Å²) in [6.07, 6.45) is 3.96. The highest BCUT2D eigenvalue weighted by Crippen LogP contribution is 2.44. The van der Waals surface area contributed by atoms with Crippen LogP contribution in [0, 0.1) is 11.3 Å². The second kappa shape index (κ2) is 4.44. The van der Waals surface area contributed by atoms with E-state index in [4.69, 9.17) is 10.1 Å². The summed E-state index contributed by atoms with van der Waals surface area (Å²) in [6.45, 7) is 0.657. The highest BCUT2D eigenvalue weighted by Gasteiger charge is 2.42. The molecule has 1 aromatic heterocycles. The van der Waals surface area contributed by atoms with Crippen LogP contribution in [0.2, 0.25) is 0 Å². The van der Waals surface area contributed by atoms with Gasteiger partial charge in [0.15, 0.2) is 9.24 Å². The summed E-state index contributed by atoms with van der Waals surface area (Å²) < 4.78 is 1.41. The van der Waals surface area contributed by atoms with E-state index in [9.17, 15) is 0 Å². The summed E-state index contributed by atoms with van der Waals surface area (Å²) in [4.78, 5) is 13.6. The van der Waals surface area contributed by atoms with Gasteiger partial charge in [-0.05, 0) is 0 Å². The summed E-state index contributed by atoms with van der Waals surface area (Å²) in [6, 6.07) is 1.98. The van der Waals surface area contributed by atoms with Gasteiger partial charge in [-0.1, -0.05) is 22.6 Å². The summed E-state index contributed by atoms with van der Waals surface area (Å²) >= 11 is 4.36. The molecule has 0 aliphatic carbocycles. The molecule has 5 nitrogen and oxygen atoms in total. The van der Waals surface area contributed by atoms with E-state index >= 15 is 0 Å². The summed E-state index contributed by atoms with van der Waals surface area (Å²) in [7, 11) is 0. The first-order chi connectivity index (χ1) is 7.16. The first-order valence-electron chi connectivity index (χ1n) is 4.17. The largest absolute Gasteiger partial charge is 0.287 e. The fraction of sp³-hybridized carbons (Fsp3) is 0.375.